The third-order valence-corrected chi connectivity index (χ3v) is 6.02. The van der Waals surface area contributed by atoms with Gasteiger partial charge in [-0.15, -0.1) is 0 Å². The molecule has 4 heterocycles. The second kappa shape index (κ2) is 7.28. The molecule has 0 bridgehead atoms. The van der Waals surface area contributed by atoms with Gasteiger partial charge in [0.05, 0.1) is 12.6 Å². The van der Waals surface area contributed by atoms with E-state index in [4.69, 9.17) is 4.74 Å². The van der Waals surface area contributed by atoms with Gasteiger partial charge in [0.2, 0.25) is 5.78 Å². The van der Waals surface area contributed by atoms with Gasteiger partial charge in [-0.3, -0.25) is 18.3 Å². The molecule has 1 fully saturated rings. The van der Waals surface area contributed by atoms with Crippen LogP contribution in [-0.2, 0) is 31.3 Å². The quantitative estimate of drug-likeness (QED) is 0.506. The maximum atomic E-state index is 13.3. The smallest absolute Gasteiger partial charge is 0.332 e. The van der Waals surface area contributed by atoms with E-state index in [2.05, 4.69) is 9.55 Å². The molecule has 8 nitrogen and oxygen atoms in total. The maximum Gasteiger partial charge on any atom is 0.332 e. The zero-order valence-electron chi connectivity index (χ0n) is 17.2. The van der Waals surface area contributed by atoms with Crippen molar-refractivity contribution in [1.29, 1.82) is 0 Å². The molecule has 4 aromatic rings. The number of fused-ring (bicyclic) bond motifs is 3. The molecule has 0 unspecified atom stereocenters. The van der Waals surface area contributed by atoms with Gasteiger partial charge in [-0.05, 0) is 31.7 Å². The van der Waals surface area contributed by atoms with Crippen LogP contribution < -0.4 is 11.2 Å². The molecule has 1 aliphatic rings. The Morgan fingerprint density at radius 1 is 1.17 bits per heavy atom. The number of ether oxygens (including phenoxy) is 1. The van der Waals surface area contributed by atoms with E-state index < -0.39 is 0 Å². The fourth-order valence-electron chi connectivity index (χ4n) is 4.36. The van der Waals surface area contributed by atoms with Crippen LogP contribution in [0, 0.1) is 6.92 Å². The lowest BCUT2D eigenvalue weighted by Crippen LogP contribution is -2.39. The predicted octanol–water partition coefficient (Wildman–Crippen LogP) is 1.88. The molecule has 0 radical (unpaired) electrons. The molecule has 0 N–H and O–H groups in total. The molecule has 8 heteroatoms. The van der Waals surface area contributed by atoms with Crippen LogP contribution in [0.1, 0.15) is 24.1 Å². The molecule has 1 aliphatic heterocycles. The minimum absolute atomic E-state index is 0.158. The summed E-state index contributed by atoms with van der Waals surface area (Å²) in [5.74, 6) is 0.672. The van der Waals surface area contributed by atoms with Gasteiger partial charge >= 0.3 is 5.69 Å². The van der Waals surface area contributed by atoms with E-state index in [1.54, 1.807) is 7.05 Å². The monoisotopic (exact) mass is 407 g/mol. The first-order valence-electron chi connectivity index (χ1n) is 10.4. The molecule has 0 aliphatic carbocycles. The van der Waals surface area contributed by atoms with Crippen LogP contribution in [0.2, 0.25) is 0 Å². The van der Waals surface area contributed by atoms with Crippen LogP contribution in [0.4, 0.5) is 0 Å². The molecule has 1 atom stereocenters. The van der Waals surface area contributed by atoms with E-state index in [0.29, 0.717) is 36.5 Å². The molecular weight excluding hydrogens is 382 g/mol. The fraction of sp³-hybridized carbons (Fsp3) is 0.409. The SMILES string of the molecule is Cc1cn2c3c(=O)n(CCc4ccccc4)c(=O)n(C)c3nc2n1C[C@H]1CCCO1. The number of hydrogen-bond donors (Lipinski definition) is 0. The van der Waals surface area contributed by atoms with Gasteiger partial charge in [0.1, 0.15) is 0 Å². The van der Waals surface area contributed by atoms with Crippen molar-refractivity contribution in [3.8, 4) is 0 Å². The summed E-state index contributed by atoms with van der Waals surface area (Å²) in [5.41, 5.74) is 2.31. The molecule has 0 amide bonds. The van der Waals surface area contributed by atoms with E-state index in [1.807, 2.05) is 47.9 Å². The van der Waals surface area contributed by atoms with Gasteiger partial charge in [0.15, 0.2) is 11.2 Å². The Hall–Kier alpha value is -3.13. The van der Waals surface area contributed by atoms with E-state index in [0.717, 1.165) is 30.7 Å². The van der Waals surface area contributed by atoms with Crippen molar-refractivity contribution in [1.82, 2.24) is 23.1 Å². The fourth-order valence-corrected chi connectivity index (χ4v) is 4.36. The molecule has 1 saturated heterocycles. The zero-order valence-corrected chi connectivity index (χ0v) is 17.2. The summed E-state index contributed by atoms with van der Waals surface area (Å²) in [4.78, 5) is 30.9. The molecule has 0 spiro atoms. The number of aromatic nitrogens is 5. The number of hydrogen-bond acceptors (Lipinski definition) is 4. The van der Waals surface area contributed by atoms with Crippen molar-refractivity contribution in [2.24, 2.45) is 7.05 Å². The third kappa shape index (κ3) is 2.99. The van der Waals surface area contributed by atoms with Crippen molar-refractivity contribution in [2.45, 2.75) is 45.4 Å². The summed E-state index contributed by atoms with van der Waals surface area (Å²) in [5, 5.41) is 0. The Bertz CT molecular complexity index is 1340. The van der Waals surface area contributed by atoms with Crippen LogP contribution >= 0.6 is 0 Å². The average molecular weight is 407 g/mol. The zero-order chi connectivity index (χ0) is 20.8. The van der Waals surface area contributed by atoms with E-state index >= 15 is 0 Å². The molecule has 156 valence electrons. The molecule has 3 aromatic heterocycles. The molecule has 0 saturated carbocycles. The summed E-state index contributed by atoms with van der Waals surface area (Å²) >= 11 is 0. The molecule has 1 aromatic carbocycles. The highest BCUT2D eigenvalue weighted by Crippen LogP contribution is 2.20. The molecule has 5 rings (SSSR count). The second-order valence-corrected chi connectivity index (χ2v) is 8.00. The highest BCUT2D eigenvalue weighted by molar-refractivity contribution is 5.75. The Morgan fingerprint density at radius 3 is 2.70 bits per heavy atom. The highest BCUT2D eigenvalue weighted by atomic mass is 16.5. The Labute approximate surface area is 173 Å². The maximum absolute atomic E-state index is 13.3. The number of aryl methyl sites for hydroxylation is 3. The van der Waals surface area contributed by atoms with Crippen molar-refractivity contribution in [2.75, 3.05) is 6.61 Å². The van der Waals surface area contributed by atoms with Crippen molar-refractivity contribution in [3.05, 3.63) is 68.6 Å². The van der Waals surface area contributed by atoms with Crippen LogP contribution in [0.3, 0.4) is 0 Å². The van der Waals surface area contributed by atoms with E-state index in [1.165, 1.54) is 9.13 Å². The molecular formula is C22H25N5O3. The van der Waals surface area contributed by atoms with Gasteiger partial charge in [0.25, 0.3) is 5.56 Å². The minimum Gasteiger partial charge on any atom is -0.376 e. The first-order chi connectivity index (χ1) is 14.5. The Kier molecular flexibility index (Phi) is 4.58. The van der Waals surface area contributed by atoms with Crippen LogP contribution in [0.15, 0.2) is 46.1 Å². The normalized spacial score (nSPS) is 16.8. The highest BCUT2D eigenvalue weighted by Gasteiger charge is 2.23. The summed E-state index contributed by atoms with van der Waals surface area (Å²) in [7, 11) is 1.67. The standard InChI is InChI=1S/C22H25N5O3/c1-15-13-27-18-19(23-21(27)26(15)14-17-9-6-12-30-17)24(2)22(29)25(20(18)28)11-10-16-7-4-3-5-8-16/h3-5,7-8,13,17H,6,9-12,14H2,1-2H3/t17-/m1/s1. The molecule has 30 heavy (non-hydrogen) atoms. The summed E-state index contributed by atoms with van der Waals surface area (Å²) in [6, 6.07) is 9.87. The largest absolute Gasteiger partial charge is 0.376 e. The van der Waals surface area contributed by atoms with Crippen molar-refractivity contribution < 1.29 is 4.74 Å². The van der Waals surface area contributed by atoms with Gasteiger partial charge in [-0.25, -0.2) is 4.79 Å². The third-order valence-electron chi connectivity index (χ3n) is 6.02. The minimum atomic E-state index is -0.341. The Morgan fingerprint density at radius 2 is 1.97 bits per heavy atom. The lowest BCUT2D eigenvalue weighted by atomic mass is 10.1. The average Bonchev–Trinajstić information content (AvgIpc) is 3.45. The number of imidazole rings is 2. The van der Waals surface area contributed by atoms with Gasteiger partial charge in [-0.2, -0.15) is 4.98 Å². The second-order valence-electron chi connectivity index (χ2n) is 8.00. The Balaban J connectivity index is 1.62. The summed E-state index contributed by atoms with van der Waals surface area (Å²) in [6.45, 7) is 3.82. The van der Waals surface area contributed by atoms with Crippen LogP contribution in [-0.4, -0.2) is 35.8 Å². The first-order valence-corrected chi connectivity index (χ1v) is 10.4. The summed E-state index contributed by atoms with van der Waals surface area (Å²) < 4.78 is 12.5. The van der Waals surface area contributed by atoms with Crippen LogP contribution in [0.5, 0.6) is 0 Å². The summed E-state index contributed by atoms with van der Waals surface area (Å²) in [6.07, 6.45) is 4.79. The van der Waals surface area contributed by atoms with Gasteiger partial charge in [-0.1, -0.05) is 30.3 Å². The van der Waals surface area contributed by atoms with Crippen LogP contribution in [0.25, 0.3) is 16.9 Å². The lowest BCUT2D eigenvalue weighted by Gasteiger charge is -2.11. The predicted molar refractivity (Wildman–Crippen MR) is 114 cm³/mol. The van der Waals surface area contributed by atoms with E-state index in [-0.39, 0.29) is 17.4 Å². The van der Waals surface area contributed by atoms with Crippen molar-refractivity contribution in [3.63, 3.8) is 0 Å². The number of rotatable bonds is 5. The lowest BCUT2D eigenvalue weighted by molar-refractivity contribution is 0.0974. The van der Waals surface area contributed by atoms with Crippen molar-refractivity contribution >= 4 is 16.9 Å². The first kappa shape index (κ1) is 18.9. The van der Waals surface area contributed by atoms with E-state index in [9.17, 15) is 9.59 Å². The van der Waals surface area contributed by atoms with Gasteiger partial charge in [0, 0.05) is 32.1 Å². The topological polar surface area (TPSA) is 75.5 Å². The number of nitrogens with zero attached hydrogens (tertiary/aromatic N) is 5. The van der Waals surface area contributed by atoms with Gasteiger partial charge < -0.3 is 9.30 Å². The number of benzene rings is 1.